The number of hydrogen-bond acceptors (Lipinski definition) is 4. The average Bonchev–Trinajstić information content (AvgIpc) is 2.65. The van der Waals surface area contributed by atoms with E-state index in [1.807, 2.05) is 20.0 Å². The second kappa shape index (κ2) is 3.34. The normalized spacial score (nSPS) is 10.6. The van der Waals surface area contributed by atoms with E-state index >= 15 is 0 Å². The van der Waals surface area contributed by atoms with Gasteiger partial charge in [-0.3, -0.25) is 4.40 Å². The number of pyridine rings is 1. The van der Waals surface area contributed by atoms with Crippen LogP contribution in [-0.4, -0.2) is 27.7 Å². The molecule has 0 aliphatic carbocycles. The minimum atomic E-state index is -0.337. The highest BCUT2D eigenvalue weighted by atomic mass is 16.5. The number of hydrogen-bond donors (Lipinski definition) is 0. The number of esters is 1. The van der Waals surface area contributed by atoms with E-state index in [0.717, 1.165) is 11.1 Å². The first-order valence-electron chi connectivity index (χ1n) is 4.53. The molecule has 0 spiro atoms. The predicted molar refractivity (Wildman–Crippen MR) is 53.8 cm³/mol. The molecule has 0 aliphatic rings. The SMILES string of the molecule is COC(=O)c1c(C)cn2cnnc2c1C. The number of carbonyl (C=O) groups excluding carboxylic acids is 1. The molecule has 0 bridgehead atoms. The van der Waals surface area contributed by atoms with Crippen LogP contribution in [0.3, 0.4) is 0 Å². The Bertz CT molecular complexity index is 531. The quantitative estimate of drug-likeness (QED) is 0.655. The van der Waals surface area contributed by atoms with Crippen LogP contribution in [0, 0.1) is 13.8 Å². The summed E-state index contributed by atoms with van der Waals surface area (Å²) in [5.41, 5.74) is 2.89. The molecule has 15 heavy (non-hydrogen) atoms. The number of ether oxygens (including phenoxy) is 1. The van der Waals surface area contributed by atoms with Crippen LogP contribution in [0.25, 0.3) is 5.65 Å². The third-order valence-electron chi connectivity index (χ3n) is 2.40. The number of carbonyl (C=O) groups is 1. The molecule has 0 saturated carbocycles. The van der Waals surface area contributed by atoms with Crippen LogP contribution >= 0.6 is 0 Å². The lowest BCUT2D eigenvalue weighted by Crippen LogP contribution is -2.08. The van der Waals surface area contributed by atoms with Crippen molar-refractivity contribution in [2.75, 3.05) is 7.11 Å². The van der Waals surface area contributed by atoms with Crippen LogP contribution in [0.2, 0.25) is 0 Å². The van der Waals surface area contributed by atoms with Gasteiger partial charge in [0.1, 0.15) is 6.33 Å². The standard InChI is InChI=1S/C10H11N3O2/c1-6-4-13-5-11-12-9(13)7(2)8(6)10(14)15-3/h4-5H,1-3H3. The highest BCUT2D eigenvalue weighted by Gasteiger charge is 2.16. The van der Waals surface area contributed by atoms with Crippen molar-refractivity contribution < 1.29 is 9.53 Å². The van der Waals surface area contributed by atoms with Crippen molar-refractivity contribution in [1.82, 2.24) is 14.6 Å². The lowest BCUT2D eigenvalue weighted by molar-refractivity contribution is 0.0599. The zero-order valence-corrected chi connectivity index (χ0v) is 8.81. The van der Waals surface area contributed by atoms with Gasteiger partial charge in [0.25, 0.3) is 0 Å². The van der Waals surface area contributed by atoms with Gasteiger partial charge >= 0.3 is 5.97 Å². The number of nitrogens with zero attached hydrogens (tertiary/aromatic N) is 3. The molecular weight excluding hydrogens is 194 g/mol. The van der Waals surface area contributed by atoms with Crippen LogP contribution in [0.15, 0.2) is 12.5 Å². The zero-order chi connectivity index (χ0) is 11.0. The minimum absolute atomic E-state index is 0.337. The monoisotopic (exact) mass is 205 g/mol. The van der Waals surface area contributed by atoms with Crippen LogP contribution in [0.4, 0.5) is 0 Å². The lowest BCUT2D eigenvalue weighted by Gasteiger charge is -2.08. The Hall–Kier alpha value is -1.91. The molecule has 0 radical (unpaired) electrons. The zero-order valence-electron chi connectivity index (χ0n) is 8.81. The smallest absolute Gasteiger partial charge is 0.338 e. The highest BCUT2D eigenvalue weighted by molar-refractivity contribution is 5.94. The number of rotatable bonds is 1. The van der Waals surface area contributed by atoms with Crippen LogP contribution in [0.1, 0.15) is 21.5 Å². The summed E-state index contributed by atoms with van der Waals surface area (Å²) in [6, 6.07) is 0. The molecule has 0 fully saturated rings. The Kier molecular flexibility index (Phi) is 2.15. The van der Waals surface area contributed by atoms with Crippen LogP contribution < -0.4 is 0 Å². The van der Waals surface area contributed by atoms with Crippen LogP contribution in [0.5, 0.6) is 0 Å². The second-order valence-corrected chi connectivity index (χ2v) is 3.37. The topological polar surface area (TPSA) is 56.5 Å². The van der Waals surface area contributed by atoms with Gasteiger partial charge in [0, 0.05) is 11.8 Å². The highest BCUT2D eigenvalue weighted by Crippen LogP contribution is 2.18. The molecule has 0 aromatic carbocycles. The summed E-state index contributed by atoms with van der Waals surface area (Å²) in [6.45, 7) is 3.70. The Morgan fingerprint density at radius 1 is 1.47 bits per heavy atom. The Morgan fingerprint density at radius 3 is 2.87 bits per heavy atom. The summed E-state index contributed by atoms with van der Waals surface area (Å²) in [6.07, 6.45) is 3.42. The molecule has 0 amide bonds. The Labute approximate surface area is 86.7 Å². The van der Waals surface area contributed by atoms with E-state index in [1.165, 1.54) is 7.11 Å². The maximum Gasteiger partial charge on any atom is 0.338 e. The van der Waals surface area contributed by atoms with Crippen molar-refractivity contribution in [1.29, 1.82) is 0 Å². The molecule has 2 rings (SSSR count). The van der Waals surface area contributed by atoms with E-state index in [4.69, 9.17) is 4.74 Å². The van der Waals surface area contributed by atoms with Gasteiger partial charge in [-0.15, -0.1) is 10.2 Å². The van der Waals surface area contributed by atoms with Gasteiger partial charge in [-0.05, 0) is 19.4 Å². The van der Waals surface area contributed by atoms with Gasteiger partial charge in [0.15, 0.2) is 5.65 Å². The first kappa shape index (κ1) is 9.64. The largest absolute Gasteiger partial charge is 0.465 e. The average molecular weight is 205 g/mol. The summed E-state index contributed by atoms with van der Waals surface area (Å²) in [7, 11) is 1.37. The van der Waals surface area contributed by atoms with E-state index in [2.05, 4.69) is 10.2 Å². The lowest BCUT2D eigenvalue weighted by atomic mass is 10.1. The number of fused-ring (bicyclic) bond motifs is 1. The maximum atomic E-state index is 11.5. The third-order valence-corrected chi connectivity index (χ3v) is 2.40. The summed E-state index contributed by atoms with van der Waals surface area (Å²) in [5, 5.41) is 7.73. The molecule has 0 atom stereocenters. The van der Waals surface area contributed by atoms with Gasteiger partial charge in [-0.2, -0.15) is 0 Å². The molecule has 5 nitrogen and oxygen atoms in total. The molecular formula is C10H11N3O2. The van der Waals surface area contributed by atoms with Crippen molar-refractivity contribution in [2.45, 2.75) is 13.8 Å². The van der Waals surface area contributed by atoms with Crippen molar-refractivity contribution in [3.63, 3.8) is 0 Å². The van der Waals surface area contributed by atoms with E-state index in [1.54, 1.807) is 10.7 Å². The van der Waals surface area contributed by atoms with Crippen molar-refractivity contribution in [3.8, 4) is 0 Å². The summed E-state index contributed by atoms with van der Waals surface area (Å²) < 4.78 is 6.52. The van der Waals surface area contributed by atoms with Crippen LogP contribution in [-0.2, 0) is 4.74 Å². The molecule has 0 saturated heterocycles. The fourth-order valence-corrected chi connectivity index (χ4v) is 1.70. The van der Waals surface area contributed by atoms with Crippen molar-refractivity contribution in [3.05, 3.63) is 29.2 Å². The first-order valence-corrected chi connectivity index (χ1v) is 4.53. The summed E-state index contributed by atoms with van der Waals surface area (Å²) >= 11 is 0. The third kappa shape index (κ3) is 1.36. The van der Waals surface area contributed by atoms with E-state index in [9.17, 15) is 4.79 Å². The summed E-state index contributed by atoms with van der Waals surface area (Å²) in [4.78, 5) is 11.5. The number of aryl methyl sites for hydroxylation is 2. The molecule has 2 heterocycles. The van der Waals surface area contributed by atoms with Gasteiger partial charge in [-0.25, -0.2) is 4.79 Å². The first-order chi connectivity index (χ1) is 7.15. The van der Waals surface area contributed by atoms with Gasteiger partial charge in [0.2, 0.25) is 0 Å². The van der Waals surface area contributed by atoms with E-state index in [-0.39, 0.29) is 5.97 Å². The van der Waals surface area contributed by atoms with Gasteiger partial charge < -0.3 is 4.74 Å². The minimum Gasteiger partial charge on any atom is -0.465 e. The molecule has 78 valence electrons. The fraction of sp³-hybridized carbons (Fsp3) is 0.300. The van der Waals surface area contributed by atoms with Gasteiger partial charge in [0.05, 0.1) is 12.7 Å². The van der Waals surface area contributed by atoms with Gasteiger partial charge in [-0.1, -0.05) is 0 Å². The van der Waals surface area contributed by atoms with Crippen molar-refractivity contribution in [2.24, 2.45) is 0 Å². The molecule has 5 heteroatoms. The van der Waals surface area contributed by atoms with E-state index < -0.39 is 0 Å². The number of methoxy groups -OCH3 is 1. The maximum absolute atomic E-state index is 11.5. The summed E-state index contributed by atoms with van der Waals surface area (Å²) in [5.74, 6) is -0.337. The second-order valence-electron chi connectivity index (χ2n) is 3.37. The molecule has 0 N–H and O–H groups in total. The predicted octanol–water partition coefficient (Wildman–Crippen LogP) is 1.13. The molecule has 0 unspecified atom stereocenters. The number of aromatic nitrogens is 3. The molecule has 2 aromatic rings. The molecule has 2 aromatic heterocycles. The molecule has 0 aliphatic heterocycles. The van der Waals surface area contributed by atoms with Crippen molar-refractivity contribution >= 4 is 11.6 Å². The Balaban J connectivity index is 2.78. The Morgan fingerprint density at radius 2 is 2.20 bits per heavy atom. The fourth-order valence-electron chi connectivity index (χ4n) is 1.70. The van der Waals surface area contributed by atoms with E-state index in [0.29, 0.717) is 11.2 Å².